The maximum Gasteiger partial charge on any atom is 0.293 e. The van der Waals surface area contributed by atoms with Gasteiger partial charge in [0.15, 0.2) is 0 Å². The molecule has 0 aliphatic rings. The number of nitrogens with one attached hydrogen (secondary N) is 1. The van der Waals surface area contributed by atoms with Gasteiger partial charge in [-0.15, -0.1) is 0 Å². The molecule has 1 rings (SSSR count). The minimum absolute atomic E-state index is 0.146. The maximum absolute atomic E-state index is 13.4. The number of nitro groups is 1. The van der Waals surface area contributed by atoms with E-state index in [0.29, 0.717) is 6.54 Å². The van der Waals surface area contributed by atoms with E-state index in [1.54, 1.807) is 29.7 Å². The van der Waals surface area contributed by atoms with Crippen molar-refractivity contribution in [1.82, 2.24) is 0 Å². The lowest BCUT2D eigenvalue weighted by Gasteiger charge is -2.23. The van der Waals surface area contributed by atoms with Crippen molar-refractivity contribution in [3.8, 4) is 0 Å². The van der Waals surface area contributed by atoms with Crippen LogP contribution in [0.4, 0.5) is 15.8 Å². The van der Waals surface area contributed by atoms with Crippen LogP contribution in [0.1, 0.15) is 13.8 Å². The predicted octanol–water partition coefficient (Wildman–Crippen LogP) is 3.18. The van der Waals surface area contributed by atoms with Crippen molar-refractivity contribution in [3.63, 3.8) is 0 Å². The fraction of sp³-hybridized carbons (Fsp3) is 0.455. The lowest BCUT2D eigenvalue weighted by atomic mass is 10.1. The number of benzene rings is 1. The van der Waals surface area contributed by atoms with E-state index in [1.807, 2.05) is 13.8 Å². The van der Waals surface area contributed by atoms with Crippen LogP contribution in [0.15, 0.2) is 12.1 Å². The van der Waals surface area contributed by atoms with E-state index in [0.717, 1.165) is 6.07 Å². The number of anilines is 1. The summed E-state index contributed by atoms with van der Waals surface area (Å²) in [5, 5.41) is 13.7. The number of halogens is 2. The van der Waals surface area contributed by atoms with Crippen molar-refractivity contribution in [2.75, 3.05) is 19.0 Å². The van der Waals surface area contributed by atoms with Crippen molar-refractivity contribution < 1.29 is 14.1 Å². The van der Waals surface area contributed by atoms with Gasteiger partial charge < -0.3 is 10.1 Å². The molecule has 5 nitrogen and oxygen atoms in total. The average molecular weight is 368 g/mol. The Hall–Kier alpha value is -0.960. The molecule has 18 heavy (non-hydrogen) atoms. The van der Waals surface area contributed by atoms with Gasteiger partial charge >= 0.3 is 0 Å². The Morgan fingerprint density at radius 1 is 1.56 bits per heavy atom. The molecule has 0 heterocycles. The van der Waals surface area contributed by atoms with Crippen LogP contribution in [-0.4, -0.2) is 24.2 Å². The number of ether oxygens (including phenoxy) is 1. The fourth-order valence-electron chi connectivity index (χ4n) is 1.21. The number of nitrogens with zero attached hydrogens (tertiary/aromatic N) is 1. The summed E-state index contributed by atoms with van der Waals surface area (Å²) >= 11 is 1.72. The smallest absolute Gasteiger partial charge is 0.293 e. The number of rotatable bonds is 5. The minimum Gasteiger partial charge on any atom is -0.377 e. The van der Waals surface area contributed by atoms with Crippen molar-refractivity contribution in [1.29, 1.82) is 0 Å². The molecule has 0 spiro atoms. The molecule has 0 saturated heterocycles. The van der Waals surface area contributed by atoms with Gasteiger partial charge in [0, 0.05) is 25.8 Å². The molecule has 0 aliphatic heterocycles. The van der Waals surface area contributed by atoms with Gasteiger partial charge in [-0.3, -0.25) is 10.1 Å². The third-order valence-corrected chi connectivity index (χ3v) is 3.32. The van der Waals surface area contributed by atoms with Crippen LogP contribution in [0.25, 0.3) is 0 Å². The third kappa shape index (κ3) is 3.77. The number of nitro benzene ring substituents is 1. The summed E-state index contributed by atoms with van der Waals surface area (Å²) < 4.78 is 18.8. The standard InChI is InChI=1S/C11H14FIN2O3/c1-11(2,18-3)6-14-9-4-7(12)8(13)5-10(9)15(16)17/h4-5,14H,6H2,1-3H3. The van der Waals surface area contributed by atoms with Crippen molar-refractivity contribution in [2.24, 2.45) is 0 Å². The molecule has 0 aromatic heterocycles. The van der Waals surface area contributed by atoms with Crippen LogP contribution in [0.3, 0.4) is 0 Å². The Morgan fingerprint density at radius 3 is 2.67 bits per heavy atom. The molecule has 7 heteroatoms. The number of hydrogen-bond acceptors (Lipinski definition) is 4. The molecule has 0 radical (unpaired) electrons. The molecule has 100 valence electrons. The SMILES string of the molecule is COC(C)(C)CNc1cc(F)c(I)cc1[N+](=O)[O-]. The van der Waals surface area contributed by atoms with Gasteiger partial charge in [0.25, 0.3) is 5.69 Å². The first-order valence-electron chi connectivity index (χ1n) is 5.19. The zero-order valence-corrected chi connectivity index (χ0v) is 12.4. The second-order valence-electron chi connectivity index (χ2n) is 4.36. The monoisotopic (exact) mass is 368 g/mol. The first-order valence-corrected chi connectivity index (χ1v) is 6.27. The Kier molecular flexibility index (Phi) is 4.85. The summed E-state index contributed by atoms with van der Waals surface area (Å²) in [5.41, 5.74) is -0.483. The van der Waals surface area contributed by atoms with Crippen LogP contribution < -0.4 is 5.32 Å². The number of hydrogen-bond donors (Lipinski definition) is 1. The van der Waals surface area contributed by atoms with E-state index in [1.165, 1.54) is 6.07 Å². The van der Waals surface area contributed by atoms with Crippen molar-refractivity contribution in [3.05, 3.63) is 31.6 Å². The molecular formula is C11H14FIN2O3. The van der Waals surface area contributed by atoms with Crippen LogP contribution in [0.2, 0.25) is 0 Å². The van der Waals surface area contributed by atoms with Gasteiger partial charge in [-0.2, -0.15) is 0 Å². The molecule has 0 amide bonds. The quantitative estimate of drug-likeness (QED) is 0.493. The summed E-state index contributed by atoms with van der Waals surface area (Å²) in [7, 11) is 1.55. The van der Waals surface area contributed by atoms with Gasteiger partial charge in [-0.1, -0.05) is 0 Å². The summed E-state index contributed by atoms with van der Waals surface area (Å²) in [6, 6.07) is 2.34. The molecule has 1 aromatic rings. The van der Waals surface area contributed by atoms with Crippen LogP contribution >= 0.6 is 22.6 Å². The molecule has 0 fully saturated rings. The molecule has 0 saturated carbocycles. The first-order chi connectivity index (χ1) is 8.26. The highest BCUT2D eigenvalue weighted by atomic mass is 127. The normalized spacial score (nSPS) is 11.4. The highest BCUT2D eigenvalue weighted by Gasteiger charge is 2.21. The molecule has 1 aromatic carbocycles. The van der Waals surface area contributed by atoms with Gasteiger partial charge in [0.2, 0.25) is 0 Å². The van der Waals surface area contributed by atoms with Crippen LogP contribution in [-0.2, 0) is 4.74 Å². The number of methoxy groups -OCH3 is 1. The van der Waals surface area contributed by atoms with E-state index in [9.17, 15) is 14.5 Å². The van der Waals surface area contributed by atoms with E-state index >= 15 is 0 Å². The highest BCUT2D eigenvalue weighted by molar-refractivity contribution is 14.1. The van der Waals surface area contributed by atoms with Gasteiger partial charge in [-0.25, -0.2) is 4.39 Å². The summed E-state index contributed by atoms with van der Waals surface area (Å²) in [5.74, 6) is -0.487. The second-order valence-corrected chi connectivity index (χ2v) is 5.52. The predicted molar refractivity (Wildman–Crippen MR) is 75.3 cm³/mol. The van der Waals surface area contributed by atoms with Crippen LogP contribution in [0.5, 0.6) is 0 Å². The molecule has 1 N–H and O–H groups in total. The highest BCUT2D eigenvalue weighted by Crippen LogP contribution is 2.29. The molecule has 0 atom stereocenters. The van der Waals surface area contributed by atoms with E-state index < -0.39 is 16.3 Å². The molecule has 0 bridgehead atoms. The zero-order chi connectivity index (χ0) is 13.9. The Morgan fingerprint density at radius 2 is 2.17 bits per heavy atom. The zero-order valence-electron chi connectivity index (χ0n) is 10.3. The Bertz CT molecular complexity index is 466. The van der Waals surface area contributed by atoms with E-state index in [4.69, 9.17) is 4.74 Å². The largest absolute Gasteiger partial charge is 0.377 e. The van der Waals surface area contributed by atoms with Crippen molar-refractivity contribution >= 4 is 34.0 Å². The van der Waals surface area contributed by atoms with Gasteiger partial charge in [0.05, 0.1) is 14.1 Å². The van der Waals surface area contributed by atoms with E-state index in [2.05, 4.69) is 5.32 Å². The Labute approximate surface area is 118 Å². The Balaban J connectivity index is 3.01. The van der Waals surface area contributed by atoms with Crippen LogP contribution in [0, 0.1) is 19.5 Å². The topological polar surface area (TPSA) is 64.4 Å². The lowest BCUT2D eigenvalue weighted by molar-refractivity contribution is -0.384. The fourth-order valence-corrected chi connectivity index (χ4v) is 1.66. The summed E-state index contributed by atoms with van der Waals surface area (Å²) in [6.07, 6.45) is 0. The van der Waals surface area contributed by atoms with Crippen molar-refractivity contribution in [2.45, 2.75) is 19.4 Å². The average Bonchev–Trinajstić information content (AvgIpc) is 2.30. The van der Waals surface area contributed by atoms with Gasteiger partial charge in [0.1, 0.15) is 11.5 Å². The molecule has 0 aliphatic carbocycles. The minimum atomic E-state index is -0.538. The third-order valence-electron chi connectivity index (χ3n) is 2.49. The summed E-state index contributed by atoms with van der Waals surface area (Å²) in [4.78, 5) is 10.3. The maximum atomic E-state index is 13.4. The van der Waals surface area contributed by atoms with E-state index in [-0.39, 0.29) is 14.9 Å². The molecule has 0 unspecified atom stereocenters. The first kappa shape index (κ1) is 15.1. The molecular weight excluding hydrogens is 354 g/mol. The lowest BCUT2D eigenvalue weighted by Crippen LogP contribution is -2.32. The second kappa shape index (κ2) is 5.79. The van der Waals surface area contributed by atoms with Gasteiger partial charge in [-0.05, 0) is 36.4 Å². The summed E-state index contributed by atoms with van der Waals surface area (Å²) in [6.45, 7) is 3.99.